The molecule has 1 fully saturated rings. The number of methoxy groups -OCH3 is 1. The Morgan fingerprint density at radius 2 is 2.00 bits per heavy atom. The fourth-order valence-corrected chi connectivity index (χ4v) is 3.94. The molecule has 1 unspecified atom stereocenters. The van der Waals surface area contributed by atoms with Crippen molar-refractivity contribution in [3.63, 3.8) is 0 Å². The molecule has 1 aliphatic carbocycles. The highest BCUT2D eigenvalue weighted by Crippen LogP contribution is 2.30. The summed E-state index contributed by atoms with van der Waals surface area (Å²) in [6.07, 6.45) is 3.88. The summed E-state index contributed by atoms with van der Waals surface area (Å²) in [6.45, 7) is 0. The minimum atomic E-state index is -0.473. The maximum Gasteiger partial charge on any atom is 0.367 e. The Hall–Kier alpha value is -2.48. The molecule has 1 saturated carbocycles. The number of nitrogens with zero attached hydrogens (tertiary/aromatic N) is 2. The number of carbonyl (C=O) groups excluding carboxylic acids is 3. The molecule has 3 amide bonds. The van der Waals surface area contributed by atoms with Gasteiger partial charge in [-0.2, -0.15) is 4.99 Å². The fraction of sp³-hybridized carbons (Fsp3) is 0.389. The van der Waals surface area contributed by atoms with Gasteiger partial charge in [0.25, 0.3) is 0 Å². The van der Waals surface area contributed by atoms with Crippen LogP contribution in [0, 0.1) is 5.92 Å². The first-order valence-electron chi connectivity index (χ1n) is 8.38. The van der Waals surface area contributed by atoms with E-state index in [0.29, 0.717) is 16.3 Å². The van der Waals surface area contributed by atoms with E-state index in [0.717, 1.165) is 31.4 Å². The average Bonchev–Trinajstić information content (AvgIpc) is 2.66. The first kappa shape index (κ1) is 18.3. The van der Waals surface area contributed by atoms with Crippen molar-refractivity contribution >= 4 is 46.1 Å². The van der Waals surface area contributed by atoms with E-state index >= 15 is 0 Å². The van der Waals surface area contributed by atoms with Crippen LogP contribution in [-0.4, -0.2) is 41.5 Å². The number of nitrogens with one attached hydrogen (secondary N) is 1. The van der Waals surface area contributed by atoms with E-state index in [2.05, 4.69) is 20.0 Å². The second-order valence-corrected chi connectivity index (χ2v) is 7.04. The first-order valence-corrected chi connectivity index (χ1v) is 9.36. The smallest absolute Gasteiger partial charge is 0.367 e. The van der Waals surface area contributed by atoms with Crippen molar-refractivity contribution in [2.24, 2.45) is 15.9 Å². The fourth-order valence-electron chi connectivity index (χ4n) is 2.99. The van der Waals surface area contributed by atoms with Crippen molar-refractivity contribution in [3.8, 4) is 0 Å². The van der Waals surface area contributed by atoms with Crippen LogP contribution >= 0.6 is 11.8 Å². The standard InChI is InChI=1S/C18H19N3O4S/c1-25-17(23)11-6-8-12(9-7-11)19-15(22)10-26-16-13-4-2-3-5-14(13)20-18(24)21-16/h6-9,13H,2-5,10H2,1H3,(H,19,22). The van der Waals surface area contributed by atoms with E-state index in [1.807, 2.05) is 0 Å². The normalized spacial score (nSPS) is 19.1. The van der Waals surface area contributed by atoms with Crippen molar-refractivity contribution in [3.05, 3.63) is 29.8 Å². The molecule has 0 radical (unpaired) electrons. The molecule has 1 aromatic carbocycles. The van der Waals surface area contributed by atoms with Crippen LogP contribution in [0.15, 0.2) is 34.3 Å². The molecule has 1 heterocycles. The molecule has 2 aliphatic rings. The lowest BCUT2D eigenvalue weighted by molar-refractivity contribution is -0.113. The Morgan fingerprint density at radius 3 is 2.73 bits per heavy atom. The monoisotopic (exact) mass is 373 g/mol. The highest BCUT2D eigenvalue weighted by atomic mass is 32.2. The predicted molar refractivity (Wildman–Crippen MR) is 101 cm³/mol. The van der Waals surface area contributed by atoms with E-state index < -0.39 is 12.0 Å². The van der Waals surface area contributed by atoms with Gasteiger partial charge in [0.2, 0.25) is 5.91 Å². The van der Waals surface area contributed by atoms with Gasteiger partial charge >= 0.3 is 12.0 Å². The summed E-state index contributed by atoms with van der Waals surface area (Å²) >= 11 is 1.29. The predicted octanol–water partition coefficient (Wildman–Crippen LogP) is 3.31. The Bertz CT molecular complexity index is 786. The van der Waals surface area contributed by atoms with Crippen molar-refractivity contribution in [2.75, 3.05) is 18.2 Å². The summed E-state index contributed by atoms with van der Waals surface area (Å²) in [7, 11) is 1.32. The molecule has 136 valence electrons. The van der Waals surface area contributed by atoms with Gasteiger partial charge in [0.05, 0.1) is 23.5 Å². The summed E-state index contributed by atoms with van der Waals surface area (Å²) < 4.78 is 4.63. The molecule has 1 atom stereocenters. The largest absolute Gasteiger partial charge is 0.465 e. The van der Waals surface area contributed by atoms with Gasteiger partial charge in [0.1, 0.15) is 0 Å². The van der Waals surface area contributed by atoms with Crippen LogP contribution < -0.4 is 5.32 Å². The average molecular weight is 373 g/mol. The number of thioether (sulfide) groups is 1. The maximum atomic E-state index is 12.2. The summed E-state index contributed by atoms with van der Waals surface area (Å²) in [5.74, 6) is -0.382. The van der Waals surface area contributed by atoms with Crippen LogP contribution in [0.2, 0.25) is 0 Å². The third-order valence-corrected chi connectivity index (χ3v) is 5.34. The van der Waals surface area contributed by atoms with E-state index in [-0.39, 0.29) is 17.6 Å². The van der Waals surface area contributed by atoms with Gasteiger partial charge in [-0.25, -0.2) is 14.6 Å². The summed E-state index contributed by atoms with van der Waals surface area (Å²) in [6, 6.07) is 5.98. The second-order valence-electron chi connectivity index (χ2n) is 6.04. The topological polar surface area (TPSA) is 97.2 Å². The zero-order valence-corrected chi connectivity index (χ0v) is 15.2. The van der Waals surface area contributed by atoms with Gasteiger partial charge in [0, 0.05) is 17.3 Å². The molecule has 3 rings (SSSR count). The number of anilines is 1. The van der Waals surface area contributed by atoms with Crippen molar-refractivity contribution in [1.82, 2.24) is 0 Å². The lowest BCUT2D eigenvalue weighted by Crippen LogP contribution is -2.31. The Labute approximate surface area is 155 Å². The van der Waals surface area contributed by atoms with Gasteiger partial charge in [-0.05, 0) is 43.5 Å². The number of rotatable bonds is 4. The molecule has 0 saturated heterocycles. The number of carbonyl (C=O) groups is 3. The Kier molecular flexibility index (Phi) is 5.82. The minimum absolute atomic E-state index is 0.0820. The number of fused-ring (bicyclic) bond motifs is 1. The summed E-state index contributed by atoms with van der Waals surface area (Å²) in [5, 5.41) is 3.46. The van der Waals surface area contributed by atoms with Crippen LogP contribution in [0.4, 0.5) is 10.5 Å². The van der Waals surface area contributed by atoms with Crippen LogP contribution in [-0.2, 0) is 9.53 Å². The van der Waals surface area contributed by atoms with E-state index in [1.54, 1.807) is 24.3 Å². The number of hydrogen-bond acceptors (Lipinski definition) is 5. The molecule has 1 aliphatic heterocycles. The summed E-state index contributed by atoms with van der Waals surface area (Å²) in [4.78, 5) is 43.3. The molecule has 0 spiro atoms. The molecule has 8 heteroatoms. The lowest BCUT2D eigenvalue weighted by Gasteiger charge is -2.26. The number of benzene rings is 1. The molecule has 0 aromatic heterocycles. The van der Waals surface area contributed by atoms with Crippen molar-refractivity contribution < 1.29 is 19.1 Å². The zero-order chi connectivity index (χ0) is 18.5. The van der Waals surface area contributed by atoms with E-state index in [4.69, 9.17) is 0 Å². The maximum absolute atomic E-state index is 12.2. The Balaban J connectivity index is 1.55. The Morgan fingerprint density at radius 1 is 1.23 bits per heavy atom. The molecule has 1 aromatic rings. The van der Waals surface area contributed by atoms with Gasteiger partial charge in [0.15, 0.2) is 0 Å². The number of hydrogen-bond donors (Lipinski definition) is 1. The zero-order valence-electron chi connectivity index (χ0n) is 14.4. The number of urea groups is 1. The SMILES string of the molecule is COC(=O)c1ccc(NC(=O)CSC2=NC(=O)N=C3CCCCC32)cc1. The van der Waals surface area contributed by atoms with Gasteiger partial charge in [-0.15, -0.1) is 0 Å². The summed E-state index contributed by atoms with van der Waals surface area (Å²) in [5.41, 5.74) is 1.90. The molecule has 1 N–H and O–H groups in total. The molecule has 7 nitrogen and oxygen atoms in total. The quantitative estimate of drug-likeness (QED) is 0.817. The van der Waals surface area contributed by atoms with Gasteiger partial charge < -0.3 is 10.1 Å². The number of amides is 3. The number of esters is 1. The van der Waals surface area contributed by atoms with Crippen molar-refractivity contribution in [1.29, 1.82) is 0 Å². The third kappa shape index (κ3) is 4.37. The van der Waals surface area contributed by atoms with E-state index in [9.17, 15) is 14.4 Å². The second kappa shape index (κ2) is 8.27. The number of ether oxygens (including phenoxy) is 1. The van der Waals surface area contributed by atoms with E-state index in [1.165, 1.54) is 18.9 Å². The highest BCUT2D eigenvalue weighted by Gasteiger charge is 2.30. The van der Waals surface area contributed by atoms with Crippen LogP contribution in [0.1, 0.15) is 36.0 Å². The molecule has 0 bridgehead atoms. The van der Waals surface area contributed by atoms with Gasteiger partial charge in [-0.3, -0.25) is 4.79 Å². The van der Waals surface area contributed by atoms with Crippen LogP contribution in [0.3, 0.4) is 0 Å². The number of aliphatic imine (C=N–C) groups is 2. The molecule has 26 heavy (non-hydrogen) atoms. The molecular formula is C18H19N3O4S. The van der Waals surface area contributed by atoms with Gasteiger partial charge in [-0.1, -0.05) is 18.2 Å². The van der Waals surface area contributed by atoms with Crippen molar-refractivity contribution in [2.45, 2.75) is 25.7 Å². The van der Waals surface area contributed by atoms with Crippen LogP contribution in [0.25, 0.3) is 0 Å². The molecular weight excluding hydrogens is 354 g/mol. The third-order valence-electron chi connectivity index (χ3n) is 4.26. The first-order chi connectivity index (χ1) is 12.6. The highest BCUT2D eigenvalue weighted by molar-refractivity contribution is 8.14. The van der Waals surface area contributed by atoms with Crippen LogP contribution in [0.5, 0.6) is 0 Å². The minimum Gasteiger partial charge on any atom is -0.465 e. The lowest BCUT2D eigenvalue weighted by atomic mass is 9.87.